The van der Waals surface area contributed by atoms with E-state index in [1.54, 1.807) is 0 Å². The van der Waals surface area contributed by atoms with Gasteiger partial charge in [0, 0.05) is 6.54 Å². The number of carbonyl (C=O) groups is 1. The molecular formula is C9H14N4O2. The Kier molecular flexibility index (Phi) is 2.96. The first-order chi connectivity index (χ1) is 7.31. The molecule has 6 nitrogen and oxygen atoms in total. The van der Waals surface area contributed by atoms with E-state index in [1.165, 1.54) is 0 Å². The highest BCUT2D eigenvalue weighted by molar-refractivity contribution is 5.90. The average Bonchev–Trinajstić information content (AvgIpc) is 2.89. The molecule has 1 aliphatic heterocycles. The molecule has 0 aliphatic carbocycles. The zero-order valence-corrected chi connectivity index (χ0v) is 8.62. The normalized spacial score (nSPS) is 20.5. The van der Waals surface area contributed by atoms with Crippen molar-refractivity contribution >= 4 is 5.91 Å². The van der Waals surface area contributed by atoms with Crippen molar-refractivity contribution in [2.45, 2.75) is 25.8 Å². The maximum absolute atomic E-state index is 11.4. The molecule has 15 heavy (non-hydrogen) atoms. The van der Waals surface area contributed by atoms with Crippen LogP contribution in [0.2, 0.25) is 0 Å². The minimum atomic E-state index is -0.287. The number of hydrogen-bond donors (Lipinski definition) is 2. The van der Waals surface area contributed by atoms with E-state index in [4.69, 9.17) is 4.52 Å². The van der Waals surface area contributed by atoms with Crippen LogP contribution in [-0.2, 0) is 0 Å². The van der Waals surface area contributed by atoms with Crippen LogP contribution in [0.15, 0.2) is 4.52 Å². The van der Waals surface area contributed by atoms with Gasteiger partial charge in [-0.25, -0.2) is 0 Å². The first kappa shape index (κ1) is 10.1. The van der Waals surface area contributed by atoms with Crippen molar-refractivity contribution < 1.29 is 9.32 Å². The molecule has 1 aromatic rings. The van der Waals surface area contributed by atoms with E-state index in [9.17, 15) is 4.79 Å². The lowest BCUT2D eigenvalue weighted by molar-refractivity contribution is 0.0942. The standard InChI is InChI=1S/C9H14N4O2/c1-2-10-8(14)7-12-9(15-13-7)6-4-3-5-11-6/h6,11H,2-5H2,1H3,(H,10,14). The molecule has 82 valence electrons. The van der Waals surface area contributed by atoms with E-state index in [-0.39, 0.29) is 17.8 Å². The highest BCUT2D eigenvalue weighted by atomic mass is 16.5. The molecule has 2 heterocycles. The van der Waals surface area contributed by atoms with Crippen LogP contribution in [0, 0.1) is 0 Å². The second kappa shape index (κ2) is 4.39. The Hall–Kier alpha value is -1.43. The third kappa shape index (κ3) is 2.15. The maximum atomic E-state index is 11.4. The van der Waals surface area contributed by atoms with Crippen LogP contribution in [0.3, 0.4) is 0 Å². The van der Waals surface area contributed by atoms with Gasteiger partial charge in [0.25, 0.3) is 11.7 Å². The lowest BCUT2D eigenvalue weighted by Gasteiger charge is -2.01. The number of nitrogens with zero attached hydrogens (tertiary/aromatic N) is 2. The van der Waals surface area contributed by atoms with E-state index in [2.05, 4.69) is 20.8 Å². The van der Waals surface area contributed by atoms with Crippen molar-refractivity contribution in [1.29, 1.82) is 0 Å². The van der Waals surface area contributed by atoms with Crippen LogP contribution in [0.4, 0.5) is 0 Å². The fourth-order valence-corrected chi connectivity index (χ4v) is 1.60. The zero-order valence-electron chi connectivity index (χ0n) is 8.62. The third-order valence-corrected chi connectivity index (χ3v) is 2.34. The lowest BCUT2D eigenvalue weighted by Crippen LogP contribution is -2.24. The van der Waals surface area contributed by atoms with Gasteiger partial charge in [-0.05, 0) is 26.3 Å². The fraction of sp³-hybridized carbons (Fsp3) is 0.667. The predicted octanol–water partition coefficient (Wildman–Crippen LogP) is 0.244. The van der Waals surface area contributed by atoms with E-state index in [1.807, 2.05) is 6.92 Å². The molecule has 1 aliphatic rings. The number of nitrogens with one attached hydrogen (secondary N) is 2. The molecule has 0 bridgehead atoms. The maximum Gasteiger partial charge on any atom is 0.292 e. The molecule has 0 saturated carbocycles. The van der Waals surface area contributed by atoms with Crippen molar-refractivity contribution in [3.05, 3.63) is 11.7 Å². The summed E-state index contributed by atoms with van der Waals surface area (Å²) >= 11 is 0. The van der Waals surface area contributed by atoms with Gasteiger partial charge in [0.05, 0.1) is 6.04 Å². The SMILES string of the molecule is CCNC(=O)c1noc(C2CCCN2)n1. The molecular weight excluding hydrogens is 196 g/mol. The summed E-state index contributed by atoms with van der Waals surface area (Å²) in [6.07, 6.45) is 2.08. The van der Waals surface area contributed by atoms with E-state index < -0.39 is 0 Å². The van der Waals surface area contributed by atoms with Gasteiger partial charge in [0.2, 0.25) is 5.89 Å². The Morgan fingerprint density at radius 1 is 1.73 bits per heavy atom. The van der Waals surface area contributed by atoms with Crippen molar-refractivity contribution in [2.24, 2.45) is 0 Å². The summed E-state index contributed by atoms with van der Waals surface area (Å²) < 4.78 is 5.03. The zero-order chi connectivity index (χ0) is 10.7. The molecule has 2 rings (SSSR count). The summed E-state index contributed by atoms with van der Waals surface area (Å²) in [5, 5.41) is 9.49. The van der Waals surface area contributed by atoms with Gasteiger partial charge in [0.15, 0.2) is 0 Å². The Labute approximate surface area is 87.4 Å². The summed E-state index contributed by atoms with van der Waals surface area (Å²) in [5.74, 6) is 0.333. The number of carbonyl (C=O) groups excluding carboxylic acids is 1. The second-order valence-electron chi connectivity index (χ2n) is 3.46. The number of aromatic nitrogens is 2. The molecule has 1 atom stereocenters. The van der Waals surface area contributed by atoms with Crippen molar-refractivity contribution in [3.8, 4) is 0 Å². The minimum Gasteiger partial charge on any atom is -0.349 e. The van der Waals surface area contributed by atoms with Crippen LogP contribution in [0.1, 0.15) is 42.3 Å². The van der Waals surface area contributed by atoms with Gasteiger partial charge >= 0.3 is 0 Å². The monoisotopic (exact) mass is 210 g/mol. The molecule has 0 spiro atoms. The first-order valence-corrected chi connectivity index (χ1v) is 5.16. The number of amides is 1. The molecule has 0 aromatic carbocycles. The van der Waals surface area contributed by atoms with Gasteiger partial charge in [-0.3, -0.25) is 4.79 Å². The molecule has 1 aromatic heterocycles. The molecule has 1 amide bonds. The van der Waals surface area contributed by atoms with E-state index in [0.29, 0.717) is 12.4 Å². The lowest BCUT2D eigenvalue weighted by atomic mass is 10.2. The Balaban J connectivity index is 2.06. The topological polar surface area (TPSA) is 80.0 Å². The summed E-state index contributed by atoms with van der Waals surface area (Å²) in [4.78, 5) is 15.4. The molecule has 2 N–H and O–H groups in total. The van der Waals surface area contributed by atoms with Gasteiger partial charge in [0.1, 0.15) is 0 Å². The smallest absolute Gasteiger partial charge is 0.292 e. The van der Waals surface area contributed by atoms with Crippen LogP contribution in [0.5, 0.6) is 0 Å². The van der Waals surface area contributed by atoms with Crippen molar-refractivity contribution in [2.75, 3.05) is 13.1 Å². The number of rotatable bonds is 3. The van der Waals surface area contributed by atoms with Crippen molar-refractivity contribution in [3.63, 3.8) is 0 Å². The molecule has 6 heteroatoms. The third-order valence-electron chi connectivity index (χ3n) is 2.34. The van der Waals surface area contributed by atoms with Gasteiger partial charge < -0.3 is 15.2 Å². The Bertz CT molecular complexity index is 344. The van der Waals surface area contributed by atoms with Gasteiger partial charge in [-0.15, -0.1) is 0 Å². The van der Waals surface area contributed by atoms with Gasteiger partial charge in [-0.2, -0.15) is 4.98 Å². The fourth-order valence-electron chi connectivity index (χ4n) is 1.60. The quantitative estimate of drug-likeness (QED) is 0.747. The Morgan fingerprint density at radius 3 is 3.27 bits per heavy atom. The highest BCUT2D eigenvalue weighted by Gasteiger charge is 2.23. The summed E-state index contributed by atoms with van der Waals surface area (Å²) in [6.45, 7) is 3.37. The van der Waals surface area contributed by atoms with Gasteiger partial charge in [-0.1, -0.05) is 5.16 Å². The van der Waals surface area contributed by atoms with E-state index >= 15 is 0 Å². The minimum absolute atomic E-state index is 0.112. The molecule has 0 radical (unpaired) electrons. The van der Waals surface area contributed by atoms with Crippen LogP contribution >= 0.6 is 0 Å². The Morgan fingerprint density at radius 2 is 2.60 bits per heavy atom. The van der Waals surface area contributed by atoms with Crippen LogP contribution in [-0.4, -0.2) is 29.1 Å². The van der Waals surface area contributed by atoms with Crippen molar-refractivity contribution in [1.82, 2.24) is 20.8 Å². The van der Waals surface area contributed by atoms with E-state index in [0.717, 1.165) is 19.4 Å². The summed E-state index contributed by atoms with van der Waals surface area (Å²) in [6, 6.07) is 0.112. The molecule has 1 saturated heterocycles. The predicted molar refractivity (Wildman–Crippen MR) is 52.3 cm³/mol. The average molecular weight is 210 g/mol. The molecule has 1 fully saturated rings. The summed E-state index contributed by atoms with van der Waals surface area (Å²) in [7, 11) is 0. The largest absolute Gasteiger partial charge is 0.349 e. The van der Waals surface area contributed by atoms with Crippen LogP contribution in [0.25, 0.3) is 0 Å². The summed E-state index contributed by atoms with van der Waals surface area (Å²) in [5.41, 5.74) is 0. The first-order valence-electron chi connectivity index (χ1n) is 5.16. The van der Waals surface area contributed by atoms with Crippen LogP contribution < -0.4 is 10.6 Å². The number of hydrogen-bond acceptors (Lipinski definition) is 5. The highest BCUT2D eigenvalue weighted by Crippen LogP contribution is 2.20. The second-order valence-corrected chi connectivity index (χ2v) is 3.46. The molecule has 1 unspecified atom stereocenters.